The lowest BCUT2D eigenvalue weighted by Gasteiger charge is -2.25. The summed E-state index contributed by atoms with van der Waals surface area (Å²) in [7, 11) is 0. The molecule has 0 heterocycles. The lowest BCUT2D eigenvalue weighted by molar-refractivity contribution is -0.142. The zero-order valence-electron chi connectivity index (χ0n) is 19.5. The van der Waals surface area contributed by atoms with Gasteiger partial charge in [-0.1, -0.05) is 13.8 Å². The van der Waals surface area contributed by atoms with E-state index in [0.29, 0.717) is 19.4 Å². The quantitative estimate of drug-likeness (QED) is 0.0957. The normalized spacial score (nSPS) is 14.4. The smallest absolute Gasteiger partial charge is 0.326 e. The summed E-state index contributed by atoms with van der Waals surface area (Å²) in [5, 5.41) is 16.4. The molecular weight excluding hydrogens is 450 g/mol. The van der Waals surface area contributed by atoms with Crippen LogP contribution in [0.4, 0.5) is 0 Å². The second kappa shape index (κ2) is 15.6. The second-order valence-electron chi connectivity index (χ2n) is 8.38. The summed E-state index contributed by atoms with van der Waals surface area (Å²) in [4.78, 5) is 71.7. The number of carboxylic acid groups (broad SMARTS) is 1. The first-order valence-electron chi connectivity index (χ1n) is 10.9. The van der Waals surface area contributed by atoms with E-state index in [2.05, 4.69) is 16.0 Å². The van der Waals surface area contributed by atoms with Gasteiger partial charge in [-0.15, -0.1) is 0 Å². The van der Waals surface area contributed by atoms with Crippen LogP contribution in [0.1, 0.15) is 52.4 Å². The number of primary amides is 2. The minimum atomic E-state index is -1.48. The van der Waals surface area contributed by atoms with E-state index >= 15 is 0 Å². The van der Waals surface area contributed by atoms with Crippen molar-refractivity contribution in [1.29, 1.82) is 0 Å². The first kappa shape index (κ1) is 30.7. The van der Waals surface area contributed by atoms with E-state index in [1.165, 1.54) is 0 Å². The highest BCUT2D eigenvalue weighted by molar-refractivity contribution is 5.96. The van der Waals surface area contributed by atoms with Gasteiger partial charge in [-0.3, -0.25) is 24.0 Å². The SMILES string of the molecule is CC(C)CC(NC(=O)C(CC(N)=O)NC(=O)C(N)CC(N)=O)C(=O)NC(CCCCN)C(=O)O. The molecule has 0 bridgehead atoms. The van der Waals surface area contributed by atoms with Gasteiger partial charge in [-0.25, -0.2) is 4.79 Å². The molecule has 5 amide bonds. The molecule has 34 heavy (non-hydrogen) atoms. The topological polar surface area (TPSA) is 263 Å². The van der Waals surface area contributed by atoms with Crippen LogP contribution in [0.15, 0.2) is 0 Å². The van der Waals surface area contributed by atoms with Crippen molar-refractivity contribution in [3.05, 3.63) is 0 Å². The molecule has 4 atom stereocenters. The van der Waals surface area contributed by atoms with Crippen LogP contribution in [0.5, 0.6) is 0 Å². The standard InChI is InChI=1S/C20H37N7O7/c1-10(2)7-13(18(31)25-12(20(33)34)5-3-4-6-21)27-19(32)14(9-16(24)29)26-17(30)11(22)8-15(23)28/h10-14H,3-9,21-22H2,1-2H3,(H2,23,28)(H2,24,29)(H,25,31)(H,26,30)(H,27,32)(H,33,34). The molecular formula is C20H37N7O7. The average Bonchev–Trinajstić information content (AvgIpc) is 2.70. The maximum atomic E-state index is 12.8. The summed E-state index contributed by atoms with van der Waals surface area (Å²) >= 11 is 0. The van der Waals surface area contributed by atoms with Gasteiger partial charge < -0.3 is 44.0 Å². The number of hydrogen-bond acceptors (Lipinski definition) is 8. The van der Waals surface area contributed by atoms with E-state index in [4.69, 9.17) is 22.9 Å². The van der Waals surface area contributed by atoms with E-state index < -0.39 is 72.5 Å². The Bertz CT molecular complexity index is 745. The van der Waals surface area contributed by atoms with Gasteiger partial charge >= 0.3 is 5.97 Å². The lowest BCUT2D eigenvalue weighted by atomic mass is 10.0. The third kappa shape index (κ3) is 12.7. The lowest BCUT2D eigenvalue weighted by Crippen LogP contribution is -2.58. The molecule has 0 radical (unpaired) electrons. The number of nitrogens with one attached hydrogen (secondary N) is 3. The zero-order valence-corrected chi connectivity index (χ0v) is 19.5. The van der Waals surface area contributed by atoms with Crippen LogP contribution < -0.4 is 38.9 Å². The maximum absolute atomic E-state index is 12.8. The number of carboxylic acids is 1. The zero-order chi connectivity index (χ0) is 26.4. The van der Waals surface area contributed by atoms with Crippen molar-refractivity contribution in [1.82, 2.24) is 16.0 Å². The Labute approximate surface area is 197 Å². The molecule has 14 nitrogen and oxygen atoms in total. The second-order valence-corrected chi connectivity index (χ2v) is 8.38. The highest BCUT2D eigenvalue weighted by Crippen LogP contribution is 2.08. The number of hydrogen-bond donors (Lipinski definition) is 8. The fourth-order valence-corrected chi connectivity index (χ4v) is 3.00. The van der Waals surface area contributed by atoms with Crippen molar-refractivity contribution in [3.63, 3.8) is 0 Å². The Balaban J connectivity index is 5.48. The van der Waals surface area contributed by atoms with E-state index in [1.807, 2.05) is 0 Å². The maximum Gasteiger partial charge on any atom is 0.326 e. The van der Waals surface area contributed by atoms with Gasteiger partial charge in [0.2, 0.25) is 29.5 Å². The molecule has 0 aromatic rings. The van der Waals surface area contributed by atoms with Gasteiger partial charge in [0.15, 0.2) is 0 Å². The molecule has 0 spiro atoms. The minimum Gasteiger partial charge on any atom is -0.480 e. The predicted octanol–water partition coefficient (Wildman–Crippen LogP) is -3.22. The van der Waals surface area contributed by atoms with E-state index in [-0.39, 0.29) is 18.8 Å². The van der Waals surface area contributed by atoms with Crippen LogP contribution in [0, 0.1) is 5.92 Å². The number of aliphatic carboxylic acids is 1. The largest absolute Gasteiger partial charge is 0.480 e. The van der Waals surface area contributed by atoms with Crippen LogP contribution in [0.2, 0.25) is 0 Å². The Hall–Kier alpha value is -3.26. The van der Waals surface area contributed by atoms with Crippen molar-refractivity contribution in [3.8, 4) is 0 Å². The number of rotatable bonds is 17. The van der Waals surface area contributed by atoms with Gasteiger partial charge in [0.1, 0.15) is 18.1 Å². The number of amides is 5. The summed E-state index contributed by atoms with van der Waals surface area (Å²) in [6.45, 7) is 3.95. The fourth-order valence-electron chi connectivity index (χ4n) is 3.00. The van der Waals surface area contributed by atoms with Crippen molar-refractivity contribution in [2.75, 3.05) is 6.54 Å². The Morgan fingerprint density at radius 3 is 1.74 bits per heavy atom. The van der Waals surface area contributed by atoms with Crippen LogP contribution in [-0.4, -0.2) is 71.3 Å². The van der Waals surface area contributed by atoms with Gasteiger partial charge in [-0.05, 0) is 38.1 Å². The van der Waals surface area contributed by atoms with Crippen LogP contribution in [-0.2, 0) is 28.8 Å². The third-order valence-electron chi connectivity index (χ3n) is 4.70. The monoisotopic (exact) mass is 487 g/mol. The molecule has 12 N–H and O–H groups in total. The van der Waals surface area contributed by atoms with Gasteiger partial charge in [0, 0.05) is 0 Å². The van der Waals surface area contributed by atoms with Crippen molar-refractivity contribution in [2.45, 2.75) is 76.5 Å². The average molecular weight is 488 g/mol. The Kier molecular flexibility index (Phi) is 14.1. The Morgan fingerprint density at radius 1 is 0.765 bits per heavy atom. The van der Waals surface area contributed by atoms with Gasteiger partial charge in [-0.2, -0.15) is 0 Å². The molecule has 0 aliphatic rings. The molecule has 0 saturated carbocycles. The number of carbonyl (C=O) groups is 6. The minimum absolute atomic E-state index is 0.0789. The molecule has 0 saturated heterocycles. The fraction of sp³-hybridized carbons (Fsp3) is 0.700. The van der Waals surface area contributed by atoms with Crippen molar-refractivity contribution >= 4 is 35.5 Å². The van der Waals surface area contributed by atoms with Crippen LogP contribution in [0.3, 0.4) is 0 Å². The van der Waals surface area contributed by atoms with E-state index in [1.54, 1.807) is 13.8 Å². The van der Waals surface area contributed by atoms with Crippen molar-refractivity contribution < 1.29 is 33.9 Å². The van der Waals surface area contributed by atoms with Crippen LogP contribution in [0.25, 0.3) is 0 Å². The van der Waals surface area contributed by atoms with E-state index in [0.717, 1.165) is 0 Å². The molecule has 0 aromatic heterocycles. The summed E-state index contributed by atoms with van der Waals surface area (Å²) in [6, 6.07) is -5.18. The summed E-state index contributed by atoms with van der Waals surface area (Å²) in [6.07, 6.45) is 0.263. The molecule has 14 heteroatoms. The first-order chi connectivity index (χ1) is 15.8. The molecule has 0 fully saturated rings. The highest BCUT2D eigenvalue weighted by Gasteiger charge is 2.31. The molecule has 4 unspecified atom stereocenters. The van der Waals surface area contributed by atoms with Crippen LogP contribution >= 0.6 is 0 Å². The molecule has 0 aliphatic carbocycles. The number of unbranched alkanes of at least 4 members (excludes halogenated alkanes) is 1. The summed E-state index contributed by atoms with van der Waals surface area (Å²) in [5.41, 5.74) is 21.1. The number of carbonyl (C=O) groups excluding carboxylic acids is 5. The predicted molar refractivity (Wildman–Crippen MR) is 121 cm³/mol. The summed E-state index contributed by atoms with van der Waals surface area (Å²) < 4.78 is 0. The Morgan fingerprint density at radius 2 is 1.26 bits per heavy atom. The van der Waals surface area contributed by atoms with Crippen molar-refractivity contribution in [2.24, 2.45) is 28.9 Å². The summed E-state index contributed by atoms with van der Waals surface area (Å²) in [5.74, 6) is -5.64. The number of nitrogens with two attached hydrogens (primary N) is 4. The molecule has 194 valence electrons. The molecule has 0 aliphatic heterocycles. The van der Waals surface area contributed by atoms with Gasteiger partial charge in [0.25, 0.3) is 0 Å². The van der Waals surface area contributed by atoms with E-state index in [9.17, 15) is 33.9 Å². The van der Waals surface area contributed by atoms with Gasteiger partial charge in [0.05, 0.1) is 18.9 Å². The molecule has 0 aromatic carbocycles. The third-order valence-corrected chi connectivity index (χ3v) is 4.70. The first-order valence-corrected chi connectivity index (χ1v) is 10.9. The highest BCUT2D eigenvalue weighted by atomic mass is 16.4. The molecule has 0 rings (SSSR count).